The molecule has 0 bridgehead atoms. The molecule has 0 spiro atoms. The lowest BCUT2D eigenvalue weighted by molar-refractivity contribution is -0.154. The van der Waals surface area contributed by atoms with Crippen LogP contribution in [0, 0.1) is 11.8 Å². The summed E-state index contributed by atoms with van der Waals surface area (Å²) in [6.07, 6.45) is -1.27. The van der Waals surface area contributed by atoms with Crippen LogP contribution in [0.3, 0.4) is 0 Å². The van der Waals surface area contributed by atoms with Crippen LogP contribution in [0.5, 0.6) is 0 Å². The third-order valence-corrected chi connectivity index (χ3v) is 3.08. The number of amides is 1. The van der Waals surface area contributed by atoms with Gasteiger partial charge < -0.3 is 19.5 Å². The molecule has 6 nitrogen and oxygen atoms in total. The molecule has 1 amide bonds. The lowest BCUT2D eigenvalue weighted by atomic mass is 9.87. The van der Waals surface area contributed by atoms with E-state index in [2.05, 4.69) is 4.74 Å². The summed E-state index contributed by atoms with van der Waals surface area (Å²) >= 11 is 0. The number of piperidine rings is 1. The Morgan fingerprint density at radius 1 is 1.26 bits per heavy atom. The number of methoxy groups -OCH3 is 1. The highest BCUT2D eigenvalue weighted by Crippen LogP contribution is 2.24. The molecule has 110 valence electrons. The van der Waals surface area contributed by atoms with Gasteiger partial charge in [0.25, 0.3) is 0 Å². The van der Waals surface area contributed by atoms with E-state index in [9.17, 15) is 14.7 Å². The summed E-state index contributed by atoms with van der Waals surface area (Å²) in [6.45, 7) is 7.62. The van der Waals surface area contributed by atoms with E-state index < -0.39 is 29.7 Å². The first kappa shape index (κ1) is 15.8. The van der Waals surface area contributed by atoms with E-state index in [1.807, 2.05) is 0 Å². The topological polar surface area (TPSA) is 76.1 Å². The van der Waals surface area contributed by atoms with Crippen molar-refractivity contribution in [3.05, 3.63) is 0 Å². The second-order valence-corrected chi connectivity index (χ2v) is 5.98. The fourth-order valence-electron chi connectivity index (χ4n) is 2.11. The lowest BCUT2D eigenvalue weighted by Gasteiger charge is -2.39. The first-order chi connectivity index (χ1) is 8.65. The van der Waals surface area contributed by atoms with E-state index in [0.29, 0.717) is 6.54 Å². The van der Waals surface area contributed by atoms with Gasteiger partial charge in [-0.1, -0.05) is 6.92 Å². The van der Waals surface area contributed by atoms with E-state index in [1.165, 1.54) is 12.0 Å². The van der Waals surface area contributed by atoms with Crippen molar-refractivity contribution in [2.75, 3.05) is 20.2 Å². The third-order valence-electron chi connectivity index (χ3n) is 3.08. The molecule has 3 unspecified atom stereocenters. The van der Waals surface area contributed by atoms with Crippen LogP contribution in [-0.4, -0.2) is 54.0 Å². The number of carbonyl (C=O) groups is 2. The maximum absolute atomic E-state index is 12.0. The Morgan fingerprint density at radius 2 is 1.84 bits per heavy atom. The molecule has 6 heteroatoms. The van der Waals surface area contributed by atoms with E-state index >= 15 is 0 Å². The average molecular weight is 273 g/mol. The number of carbonyl (C=O) groups excluding carboxylic acids is 2. The smallest absolute Gasteiger partial charge is 0.410 e. The molecule has 0 aromatic heterocycles. The molecule has 0 radical (unpaired) electrons. The normalized spacial score (nSPS) is 27.9. The number of nitrogens with zero attached hydrogens (tertiary/aromatic N) is 1. The van der Waals surface area contributed by atoms with Crippen LogP contribution >= 0.6 is 0 Å². The fraction of sp³-hybridized carbons (Fsp3) is 0.846. The van der Waals surface area contributed by atoms with Crippen molar-refractivity contribution in [3.8, 4) is 0 Å². The van der Waals surface area contributed by atoms with Crippen LogP contribution in [0.2, 0.25) is 0 Å². The highest BCUT2D eigenvalue weighted by atomic mass is 16.6. The minimum atomic E-state index is -0.800. The van der Waals surface area contributed by atoms with Crippen LogP contribution in [-0.2, 0) is 14.3 Å². The van der Waals surface area contributed by atoms with Crippen molar-refractivity contribution >= 4 is 12.1 Å². The predicted octanol–water partition coefficient (Wildman–Crippen LogP) is 1.02. The summed E-state index contributed by atoms with van der Waals surface area (Å²) in [6, 6.07) is 0. The number of rotatable bonds is 1. The van der Waals surface area contributed by atoms with Crippen molar-refractivity contribution < 1.29 is 24.2 Å². The van der Waals surface area contributed by atoms with Gasteiger partial charge in [-0.25, -0.2) is 4.79 Å². The SMILES string of the molecule is COC(=O)C1CN(C(=O)OC(C)(C)C)CC(C)C1O. The lowest BCUT2D eigenvalue weighted by Crippen LogP contribution is -2.54. The van der Waals surface area contributed by atoms with Gasteiger partial charge >= 0.3 is 12.1 Å². The third kappa shape index (κ3) is 4.09. The summed E-state index contributed by atoms with van der Waals surface area (Å²) < 4.78 is 9.94. The first-order valence-electron chi connectivity index (χ1n) is 6.39. The maximum atomic E-state index is 12.0. The molecule has 1 heterocycles. The molecule has 0 aromatic rings. The Morgan fingerprint density at radius 3 is 2.32 bits per heavy atom. The Balaban J connectivity index is 2.76. The Bertz CT molecular complexity index is 349. The summed E-state index contributed by atoms with van der Waals surface area (Å²) in [5, 5.41) is 9.99. The van der Waals surface area contributed by atoms with Gasteiger partial charge in [-0.3, -0.25) is 4.79 Å². The molecule has 0 saturated carbocycles. The number of ether oxygens (including phenoxy) is 2. The molecule has 1 saturated heterocycles. The standard InChI is InChI=1S/C13H23NO5/c1-8-6-14(12(17)19-13(2,3)4)7-9(10(8)15)11(16)18-5/h8-10,15H,6-7H2,1-5H3. The van der Waals surface area contributed by atoms with Gasteiger partial charge in [0.05, 0.1) is 13.2 Å². The number of esters is 1. The van der Waals surface area contributed by atoms with Crippen molar-refractivity contribution in [2.45, 2.75) is 39.4 Å². The van der Waals surface area contributed by atoms with Crippen molar-refractivity contribution in [1.82, 2.24) is 4.90 Å². The van der Waals surface area contributed by atoms with Gasteiger partial charge in [-0.15, -0.1) is 0 Å². The number of aliphatic hydroxyl groups excluding tert-OH is 1. The van der Waals surface area contributed by atoms with Gasteiger partial charge in [0.15, 0.2) is 0 Å². The molecule has 1 N–H and O–H groups in total. The Hall–Kier alpha value is -1.30. The quantitative estimate of drug-likeness (QED) is 0.722. The maximum Gasteiger partial charge on any atom is 0.410 e. The monoisotopic (exact) mass is 273 g/mol. The fourth-order valence-corrected chi connectivity index (χ4v) is 2.11. The van der Waals surface area contributed by atoms with Gasteiger partial charge in [0, 0.05) is 19.0 Å². The minimum Gasteiger partial charge on any atom is -0.469 e. The van der Waals surface area contributed by atoms with Gasteiger partial charge in [0.2, 0.25) is 0 Å². The van der Waals surface area contributed by atoms with Crippen molar-refractivity contribution in [1.29, 1.82) is 0 Å². The Kier molecular flexibility index (Phi) is 4.79. The second-order valence-electron chi connectivity index (χ2n) is 5.98. The zero-order valence-electron chi connectivity index (χ0n) is 12.2. The molecule has 1 aliphatic heterocycles. The molecular formula is C13H23NO5. The second kappa shape index (κ2) is 5.77. The molecule has 19 heavy (non-hydrogen) atoms. The van der Waals surface area contributed by atoms with E-state index in [-0.39, 0.29) is 12.5 Å². The summed E-state index contributed by atoms with van der Waals surface area (Å²) in [5.74, 6) is -1.43. The first-order valence-corrected chi connectivity index (χ1v) is 6.39. The Labute approximate surface area is 113 Å². The van der Waals surface area contributed by atoms with Gasteiger partial charge in [-0.05, 0) is 20.8 Å². The number of likely N-dealkylation sites (tertiary alicyclic amines) is 1. The minimum absolute atomic E-state index is 0.118. The molecule has 1 fully saturated rings. The molecule has 0 aromatic carbocycles. The summed E-state index contributed by atoms with van der Waals surface area (Å²) in [5.41, 5.74) is -0.586. The molecule has 0 aliphatic carbocycles. The van der Waals surface area contributed by atoms with E-state index in [4.69, 9.17) is 4.74 Å². The summed E-state index contributed by atoms with van der Waals surface area (Å²) in [7, 11) is 1.27. The zero-order valence-corrected chi connectivity index (χ0v) is 12.2. The van der Waals surface area contributed by atoms with Crippen LogP contribution in [0.4, 0.5) is 4.79 Å². The largest absolute Gasteiger partial charge is 0.469 e. The van der Waals surface area contributed by atoms with Crippen LogP contribution in [0.1, 0.15) is 27.7 Å². The van der Waals surface area contributed by atoms with Gasteiger partial charge in [0.1, 0.15) is 11.5 Å². The number of hydrogen-bond donors (Lipinski definition) is 1. The van der Waals surface area contributed by atoms with E-state index in [0.717, 1.165) is 0 Å². The molecular weight excluding hydrogens is 250 g/mol. The zero-order chi connectivity index (χ0) is 14.8. The molecule has 1 aliphatic rings. The average Bonchev–Trinajstić information content (AvgIpc) is 2.29. The van der Waals surface area contributed by atoms with Crippen LogP contribution in [0.25, 0.3) is 0 Å². The van der Waals surface area contributed by atoms with Crippen molar-refractivity contribution in [2.24, 2.45) is 11.8 Å². The number of aliphatic hydroxyl groups is 1. The highest BCUT2D eigenvalue weighted by Gasteiger charge is 2.41. The summed E-state index contributed by atoms with van der Waals surface area (Å²) in [4.78, 5) is 25.1. The van der Waals surface area contributed by atoms with Crippen LogP contribution < -0.4 is 0 Å². The molecule has 3 atom stereocenters. The number of hydrogen-bond acceptors (Lipinski definition) is 5. The predicted molar refractivity (Wildman–Crippen MR) is 68.5 cm³/mol. The van der Waals surface area contributed by atoms with Gasteiger partial charge in [-0.2, -0.15) is 0 Å². The highest BCUT2D eigenvalue weighted by molar-refractivity contribution is 5.75. The molecule has 1 rings (SSSR count). The van der Waals surface area contributed by atoms with Crippen LogP contribution in [0.15, 0.2) is 0 Å². The van der Waals surface area contributed by atoms with Crippen molar-refractivity contribution in [3.63, 3.8) is 0 Å². The van der Waals surface area contributed by atoms with E-state index in [1.54, 1.807) is 27.7 Å².